The smallest absolute Gasteiger partial charge is 0.368 e. The molecule has 0 amide bonds. The molecule has 0 bridgehead atoms. The van der Waals surface area contributed by atoms with Gasteiger partial charge in [0, 0.05) is 45.7 Å². The van der Waals surface area contributed by atoms with Crippen LogP contribution in [0.2, 0.25) is 0 Å². The normalized spacial score (nSPS) is 41.4. The first-order valence-corrected chi connectivity index (χ1v) is 5.14. The number of piperazine rings is 1. The zero-order valence-electron chi connectivity index (χ0n) is 22.4. The predicted octanol–water partition coefficient (Wildman–Crippen LogP) is 3.22. The van der Waals surface area contributed by atoms with Gasteiger partial charge in [-0.2, -0.15) is 13.2 Å². The van der Waals surface area contributed by atoms with Crippen LogP contribution in [0.4, 0.5) is 18.9 Å². The average molecular weight is 337 g/mol. The molecule has 1 heterocycles. The summed E-state index contributed by atoms with van der Waals surface area (Å²) >= 11 is 2.54. The lowest BCUT2D eigenvalue weighted by atomic mass is 10.1. The van der Waals surface area contributed by atoms with E-state index in [1.54, 1.807) is 0 Å². The summed E-state index contributed by atoms with van der Waals surface area (Å²) in [5.41, 5.74) is -3.95. The summed E-state index contributed by atoms with van der Waals surface area (Å²) in [4.78, 5) is -1.40. The van der Waals surface area contributed by atoms with Gasteiger partial charge in [-0.3, -0.25) is 0 Å². The van der Waals surface area contributed by atoms with Gasteiger partial charge < -0.3 is 9.80 Å². The van der Waals surface area contributed by atoms with E-state index in [4.69, 9.17) is 19.2 Å². The minimum absolute atomic E-state index is 0.671. The van der Waals surface area contributed by atoms with Gasteiger partial charge in [0.2, 0.25) is 0 Å². The van der Waals surface area contributed by atoms with Gasteiger partial charge in [-0.15, -0.1) is 0 Å². The molecular weight excluding hydrogens is 309 g/mol. The maximum absolute atomic E-state index is 13.9. The first kappa shape index (κ1) is 4.38. The number of alkyl halides is 3. The van der Waals surface area contributed by atoms with E-state index >= 15 is 0 Å². The Morgan fingerprint density at radius 3 is 2.56 bits per heavy atom. The molecule has 0 unspecified atom stereocenters. The molecule has 2 nitrogen and oxygen atoms in total. The summed E-state index contributed by atoms with van der Waals surface area (Å²) in [5, 5.41) is 0. The van der Waals surface area contributed by atoms with Crippen molar-refractivity contribution in [3.05, 3.63) is 28.2 Å². The van der Waals surface area contributed by atoms with Crippen molar-refractivity contribution < 1.29 is 32.4 Å². The maximum Gasteiger partial charge on any atom is 0.418 e. The summed E-state index contributed by atoms with van der Waals surface area (Å²) in [6.07, 6.45) is -5.55. The van der Waals surface area contributed by atoms with Crippen LogP contribution >= 0.6 is 15.9 Å². The Balaban J connectivity index is 3.12. The number of likely N-dealkylation sites (N-methyl/N-ethyl adjacent to an activating group) is 1. The quantitative estimate of drug-likeness (QED) is 0.776. The van der Waals surface area contributed by atoms with Crippen molar-refractivity contribution in [1.82, 2.24) is 4.90 Å². The molecule has 6 heteroatoms. The average Bonchev–Trinajstić information content (AvgIpc) is 2.52. The summed E-state index contributed by atoms with van der Waals surface area (Å²) in [6, 6.07) is -4.09. The van der Waals surface area contributed by atoms with Crippen LogP contribution in [0.25, 0.3) is 0 Å². The summed E-state index contributed by atoms with van der Waals surface area (Å²) in [5.74, 6) is 0. The Hall–Kier alpha value is -0.750. The van der Waals surface area contributed by atoms with Crippen LogP contribution in [0.15, 0.2) is 22.6 Å². The SMILES string of the molecule is [2H]c1c([2H])c(N2C([2H])([2H])C([2H])([2H])N(C([2H])([2H])[2H])C([2H])([2H])C2([2H])[2H])c(C(F)(F)F)c([2H])c1Br. The molecule has 0 N–H and O–H groups in total. The molecule has 0 atom stereocenters. The van der Waals surface area contributed by atoms with Gasteiger partial charge in [-0.05, 0) is 25.1 Å². The molecular formula is C12H14BrF3N2. The number of nitrogens with zero attached hydrogens (tertiary/aromatic N) is 2. The van der Waals surface area contributed by atoms with Crippen molar-refractivity contribution >= 4 is 21.6 Å². The van der Waals surface area contributed by atoms with Gasteiger partial charge in [0.05, 0.1) is 15.2 Å². The second-order valence-corrected chi connectivity index (χ2v) is 3.82. The molecule has 0 saturated carbocycles. The molecule has 100 valence electrons. The summed E-state index contributed by atoms with van der Waals surface area (Å²) < 4.78 is 151. The van der Waals surface area contributed by atoms with Gasteiger partial charge in [0.1, 0.15) is 0 Å². The lowest BCUT2D eigenvalue weighted by Gasteiger charge is -2.35. The second kappa shape index (κ2) is 5.09. The predicted molar refractivity (Wildman–Crippen MR) is 68.9 cm³/mol. The number of benzene rings is 1. The van der Waals surface area contributed by atoms with Crippen LogP contribution < -0.4 is 4.90 Å². The van der Waals surface area contributed by atoms with Gasteiger partial charge in [0.25, 0.3) is 0 Å². The summed E-state index contributed by atoms with van der Waals surface area (Å²) in [7, 11) is 0. The Labute approximate surface area is 132 Å². The van der Waals surface area contributed by atoms with E-state index in [0.717, 1.165) is 0 Å². The topological polar surface area (TPSA) is 6.48 Å². The molecule has 1 saturated heterocycles. The molecule has 1 aromatic carbocycles. The van der Waals surface area contributed by atoms with Crippen molar-refractivity contribution in [2.24, 2.45) is 0 Å². The van der Waals surface area contributed by atoms with Gasteiger partial charge in [-0.1, -0.05) is 15.9 Å². The zero-order valence-corrected chi connectivity index (χ0v) is 9.99. The molecule has 1 aromatic rings. The fourth-order valence-electron chi connectivity index (χ4n) is 1.12. The van der Waals surface area contributed by atoms with E-state index in [0.29, 0.717) is 0 Å². The highest BCUT2D eigenvalue weighted by molar-refractivity contribution is 9.10. The Morgan fingerprint density at radius 2 is 2.00 bits per heavy atom. The van der Waals surface area contributed by atoms with E-state index < -0.39 is 82.8 Å². The lowest BCUT2D eigenvalue weighted by Crippen LogP contribution is -2.45. The molecule has 0 aliphatic carbocycles. The van der Waals surface area contributed by atoms with Crippen molar-refractivity contribution in [3.63, 3.8) is 0 Å². The van der Waals surface area contributed by atoms with Crippen LogP contribution in [0.1, 0.15) is 24.8 Å². The monoisotopic (exact) mass is 336 g/mol. The Kier molecular flexibility index (Phi) is 1.24. The third kappa shape index (κ3) is 2.98. The van der Waals surface area contributed by atoms with E-state index in [-0.39, 0.29) is 0 Å². The molecule has 1 aliphatic heterocycles. The van der Waals surface area contributed by atoms with E-state index in [2.05, 4.69) is 15.9 Å². The number of anilines is 1. The Morgan fingerprint density at radius 1 is 1.33 bits per heavy atom. The fourth-order valence-corrected chi connectivity index (χ4v) is 1.41. The second-order valence-electron chi connectivity index (χ2n) is 3.03. The third-order valence-corrected chi connectivity index (χ3v) is 2.21. The van der Waals surface area contributed by atoms with Crippen LogP contribution in [0.5, 0.6) is 0 Å². The van der Waals surface area contributed by atoms with Crippen molar-refractivity contribution in [2.45, 2.75) is 6.18 Å². The van der Waals surface area contributed by atoms with Crippen LogP contribution in [-0.2, 0) is 6.18 Å². The highest BCUT2D eigenvalue weighted by Gasteiger charge is 2.35. The molecule has 0 radical (unpaired) electrons. The lowest BCUT2D eigenvalue weighted by molar-refractivity contribution is -0.137. The molecule has 18 heavy (non-hydrogen) atoms. The van der Waals surface area contributed by atoms with Gasteiger partial charge >= 0.3 is 6.18 Å². The summed E-state index contributed by atoms with van der Waals surface area (Å²) in [6.45, 7) is -19.8. The number of hydrogen-bond acceptors (Lipinski definition) is 2. The zero-order chi connectivity index (χ0) is 25.6. The standard InChI is InChI=1S/C12H14BrF3N2/c1-17-4-6-18(7-5-17)11-3-2-9(13)8-10(11)12(14,15)16/h2-3,8H,4-7H2,1H3/i1D3,2D,3D,4D2,5D2,6D2,7D2,8D. The van der Waals surface area contributed by atoms with Crippen molar-refractivity contribution in [1.29, 1.82) is 0 Å². The Bertz CT molecular complexity index is 917. The third-order valence-electron chi connectivity index (χ3n) is 1.82. The molecule has 0 spiro atoms. The van der Waals surface area contributed by atoms with Crippen molar-refractivity contribution in [3.8, 4) is 0 Å². The largest absolute Gasteiger partial charge is 0.418 e. The molecule has 2 rings (SSSR count). The van der Waals surface area contributed by atoms with E-state index in [1.165, 1.54) is 0 Å². The first-order valence-electron chi connectivity index (χ1n) is 11.3. The number of rotatable bonds is 1. The van der Waals surface area contributed by atoms with E-state index in [9.17, 15) is 13.2 Å². The molecule has 0 aromatic heterocycles. The number of hydrogen-bond donors (Lipinski definition) is 0. The highest BCUT2D eigenvalue weighted by atomic mass is 79.9. The molecule has 1 fully saturated rings. The van der Waals surface area contributed by atoms with Crippen molar-refractivity contribution in [2.75, 3.05) is 37.9 Å². The minimum atomic E-state index is -5.55. The van der Waals surface area contributed by atoms with E-state index in [1.807, 2.05) is 0 Å². The van der Waals surface area contributed by atoms with Gasteiger partial charge in [-0.25, -0.2) is 0 Å². The van der Waals surface area contributed by atoms with Crippen LogP contribution in [0.3, 0.4) is 0 Å². The number of halogens is 4. The highest BCUT2D eigenvalue weighted by Crippen LogP contribution is 2.38. The van der Waals surface area contributed by atoms with Crippen LogP contribution in [0, 0.1) is 0 Å². The van der Waals surface area contributed by atoms with Crippen LogP contribution in [-0.4, -0.2) is 37.9 Å². The fraction of sp³-hybridized carbons (Fsp3) is 0.500. The molecule has 1 aliphatic rings. The van der Waals surface area contributed by atoms with Gasteiger partial charge in [0.15, 0.2) is 0 Å². The first-order chi connectivity index (χ1) is 13.9. The maximum atomic E-state index is 13.9. The minimum Gasteiger partial charge on any atom is -0.368 e.